The molecule has 1 fully saturated rings. The monoisotopic (exact) mass is 314 g/mol. The van der Waals surface area contributed by atoms with Crippen molar-refractivity contribution in [3.8, 4) is 11.5 Å². The molecule has 2 rings (SSSR count). The van der Waals surface area contributed by atoms with Crippen molar-refractivity contribution in [3.05, 3.63) is 22.7 Å². The zero-order chi connectivity index (χ0) is 15.5. The first-order valence-corrected chi connectivity index (χ1v) is 7.80. The molecule has 118 valence electrons. The third-order valence-electron chi connectivity index (χ3n) is 3.79. The summed E-state index contributed by atoms with van der Waals surface area (Å²) >= 11 is 6.32. The van der Waals surface area contributed by atoms with Crippen LogP contribution in [0.25, 0.3) is 0 Å². The van der Waals surface area contributed by atoms with Gasteiger partial charge in [-0.2, -0.15) is 0 Å². The van der Waals surface area contributed by atoms with Crippen molar-refractivity contribution in [3.63, 3.8) is 0 Å². The van der Waals surface area contributed by atoms with Gasteiger partial charge in [0.05, 0.1) is 23.8 Å². The summed E-state index contributed by atoms with van der Waals surface area (Å²) in [6.45, 7) is 7.43. The minimum Gasteiger partial charge on any atom is -0.490 e. The lowest BCUT2D eigenvalue weighted by atomic mass is 9.90. The highest BCUT2D eigenvalue weighted by Gasteiger charge is 2.39. The molecule has 1 N–H and O–H groups in total. The third-order valence-corrected chi connectivity index (χ3v) is 4.11. The van der Waals surface area contributed by atoms with Gasteiger partial charge in [-0.15, -0.1) is 0 Å². The maximum absolute atomic E-state index is 10.7. The van der Waals surface area contributed by atoms with E-state index >= 15 is 0 Å². The van der Waals surface area contributed by atoms with Crippen LogP contribution < -0.4 is 9.47 Å². The van der Waals surface area contributed by atoms with E-state index in [0.29, 0.717) is 41.9 Å². The van der Waals surface area contributed by atoms with Crippen LogP contribution in [0.5, 0.6) is 11.5 Å². The smallest absolute Gasteiger partial charge is 0.162 e. The molecule has 0 radical (unpaired) electrons. The highest BCUT2D eigenvalue weighted by molar-refractivity contribution is 6.31. The number of aliphatic hydroxyl groups is 1. The number of ether oxygens (including phenoxy) is 3. The molecule has 1 aliphatic heterocycles. The van der Waals surface area contributed by atoms with Gasteiger partial charge < -0.3 is 19.3 Å². The Bertz CT molecular complexity index is 483. The van der Waals surface area contributed by atoms with Crippen LogP contribution in [-0.4, -0.2) is 30.5 Å². The van der Waals surface area contributed by atoms with Crippen molar-refractivity contribution in [2.24, 2.45) is 0 Å². The van der Waals surface area contributed by atoms with E-state index in [2.05, 4.69) is 0 Å². The number of rotatable bonds is 6. The highest BCUT2D eigenvalue weighted by Crippen LogP contribution is 2.43. The molecule has 1 aliphatic rings. The summed E-state index contributed by atoms with van der Waals surface area (Å²) in [4.78, 5) is 0. The summed E-state index contributed by atoms with van der Waals surface area (Å²) in [6, 6.07) is 3.46. The molecule has 21 heavy (non-hydrogen) atoms. The maximum atomic E-state index is 10.7. The van der Waals surface area contributed by atoms with E-state index < -0.39 is 11.7 Å². The summed E-state index contributed by atoms with van der Waals surface area (Å²) in [7, 11) is 0. The van der Waals surface area contributed by atoms with Crippen LogP contribution in [0.3, 0.4) is 0 Å². The Morgan fingerprint density at radius 3 is 2.43 bits per heavy atom. The Morgan fingerprint density at radius 1 is 1.29 bits per heavy atom. The summed E-state index contributed by atoms with van der Waals surface area (Å²) in [6.07, 6.45) is 0.963. The van der Waals surface area contributed by atoms with Crippen molar-refractivity contribution in [1.29, 1.82) is 0 Å². The lowest BCUT2D eigenvalue weighted by Gasteiger charge is -2.30. The molecule has 1 aromatic carbocycles. The molecule has 0 amide bonds. The molecule has 1 heterocycles. The van der Waals surface area contributed by atoms with Gasteiger partial charge in [0, 0.05) is 18.2 Å². The molecule has 4 nitrogen and oxygen atoms in total. The topological polar surface area (TPSA) is 47.9 Å². The number of hydrogen-bond donors (Lipinski definition) is 1. The van der Waals surface area contributed by atoms with E-state index in [9.17, 15) is 5.11 Å². The first kappa shape index (κ1) is 16.4. The maximum Gasteiger partial charge on any atom is 0.162 e. The van der Waals surface area contributed by atoms with Gasteiger partial charge in [-0.1, -0.05) is 11.6 Å². The van der Waals surface area contributed by atoms with Crippen LogP contribution in [0.4, 0.5) is 0 Å². The molecule has 0 spiro atoms. The Labute approximate surface area is 131 Å². The molecule has 1 aromatic rings. The fraction of sp³-hybridized carbons (Fsp3) is 0.625. The molecular formula is C16H23ClO4. The van der Waals surface area contributed by atoms with Crippen molar-refractivity contribution in [1.82, 2.24) is 0 Å². The van der Waals surface area contributed by atoms with Crippen LogP contribution in [0.2, 0.25) is 5.02 Å². The first-order valence-electron chi connectivity index (χ1n) is 7.43. The highest BCUT2D eigenvalue weighted by atomic mass is 35.5. The second-order valence-corrected chi connectivity index (χ2v) is 5.76. The molecule has 0 aliphatic carbocycles. The number of benzene rings is 1. The van der Waals surface area contributed by atoms with Gasteiger partial charge in [0.25, 0.3) is 0 Å². The van der Waals surface area contributed by atoms with Crippen molar-refractivity contribution < 1.29 is 19.3 Å². The predicted octanol–water partition coefficient (Wildman–Crippen LogP) is 3.74. The van der Waals surface area contributed by atoms with E-state index in [4.69, 9.17) is 25.8 Å². The Balaban J connectivity index is 2.36. The molecule has 1 saturated heterocycles. The zero-order valence-electron chi connectivity index (χ0n) is 12.8. The van der Waals surface area contributed by atoms with Gasteiger partial charge in [0.15, 0.2) is 11.5 Å². The molecule has 2 unspecified atom stereocenters. The molecule has 0 saturated carbocycles. The van der Waals surface area contributed by atoms with E-state index in [1.165, 1.54) is 0 Å². The number of halogens is 1. The van der Waals surface area contributed by atoms with Gasteiger partial charge in [0.2, 0.25) is 0 Å². The van der Waals surface area contributed by atoms with Crippen LogP contribution >= 0.6 is 11.6 Å². The largest absolute Gasteiger partial charge is 0.490 e. The number of aliphatic hydroxyl groups excluding tert-OH is 1. The van der Waals surface area contributed by atoms with E-state index in [1.807, 2.05) is 20.8 Å². The summed E-state index contributed by atoms with van der Waals surface area (Å²) < 4.78 is 16.8. The predicted molar refractivity (Wildman–Crippen MR) is 82.3 cm³/mol. The lowest BCUT2D eigenvalue weighted by Crippen LogP contribution is -2.32. The third kappa shape index (κ3) is 3.44. The van der Waals surface area contributed by atoms with E-state index in [1.54, 1.807) is 12.1 Å². The molecule has 2 atom stereocenters. The minimum absolute atomic E-state index is 0.464. The van der Waals surface area contributed by atoms with E-state index in [-0.39, 0.29) is 0 Å². The van der Waals surface area contributed by atoms with Crippen molar-refractivity contribution in [2.75, 3.05) is 19.8 Å². The second kappa shape index (κ2) is 6.86. The van der Waals surface area contributed by atoms with Crippen molar-refractivity contribution >= 4 is 11.6 Å². The molecule has 0 aromatic heterocycles. The van der Waals surface area contributed by atoms with E-state index in [0.717, 1.165) is 12.8 Å². The summed E-state index contributed by atoms with van der Waals surface area (Å²) in [5, 5.41) is 11.1. The van der Waals surface area contributed by atoms with Gasteiger partial charge >= 0.3 is 0 Å². The first-order chi connectivity index (χ1) is 10.0. The Kier molecular flexibility index (Phi) is 5.36. The van der Waals surface area contributed by atoms with Crippen molar-refractivity contribution in [2.45, 2.75) is 45.3 Å². The fourth-order valence-electron chi connectivity index (χ4n) is 2.64. The molecule has 5 heteroatoms. The summed E-state index contributed by atoms with van der Waals surface area (Å²) in [5.74, 6) is 1.19. The van der Waals surface area contributed by atoms with Crippen LogP contribution in [0, 0.1) is 0 Å². The fourth-order valence-corrected chi connectivity index (χ4v) is 2.90. The van der Waals surface area contributed by atoms with Gasteiger partial charge in [0.1, 0.15) is 6.10 Å². The second-order valence-electron chi connectivity index (χ2n) is 5.35. The molecular weight excluding hydrogens is 292 g/mol. The standard InChI is InChI=1S/C16H23ClO4/c1-4-19-13-9-11(12(17)10-14(13)20-5-2)15(18)16(3)7-6-8-21-16/h9-10,15,18H,4-8H2,1-3H3. The Morgan fingerprint density at radius 2 is 1.90 bits per heavy atom. The van der Waals surface area contributed by atoms with Crippen LogP contribution in [-0.2, 0) is 4.74 Å². The van der Waals surface area contributed by atoms with Gasteiger partial charge in [-0.25, -0.2) is 0 Å². The minimum atomic E-state index is -0.789. The van der Waals surface area contributed by atoms with Crippen LogP contribution in [0.15, 0.2) is 12.1 Å². The zero-order valence-corrected chi connectivity index (χ0v) is 13.6. The average Bonchev–Trinajstić information content (AvgIpc) is 2.89. The normalized spacial score (nSPS) is 23.1. The van der Waals surface area contributed by atoms with Gasteiger partial charge in [-0.05, 0) is 39.7 Å². The van der Waals surface area contributed by atoms with Gasteiger partial charge in [-0.3, -0.25) is 0 Å². The quantitative estimate of drug-likeness (QED) is 0.869. The van der Waals surface area contributed by atoms with Crippen LogP contribution in [0.1, 0.15) is 45.3 Å². The molecule has 0 bridgehead atoms. The Hall–Kier alpha value is -0.970. The lowest BCUT2D eigenvalue weighted by molar-refractivity contribution is -0.0796. The SMILES string of the molecule is CCOc1cc(Cl)c(C(O)C2(C)CCCO2)cc1OCC. The summed E-state index contributed by atoms with van der Waals surface area (Å²) in [5.41, 5.74) is 0.0215. The average molecular weight is 315 g/mol. The number of hydrogen-bond acceptors (Lipinski definition) is 4.